The van der Waals surface area contributed by atoms with Crippen molar-refractivity contribution < 1.29 is 19.4 Å². The first kappa shape index (κ1) is 37.4. The van der Waals surface area contributed by atoms with Gasteiger partial charge in [-0.2, -0.15) is 0 Å². The van der Waals surface area contributed by atoms with Crippen LogP contribution in [0.2, 0.25) is 0 Å². The fourth-order valence-electron chi connectivity index (χ4n) is 5.09. The second-order valence-electron chi connectivity index (χ2n) is 11.6. The van der Waals surface area contributed by atoms with Crippen molar-refractivity contribution in [3.63, 3.8) is 0 Å². The summed E-state index contributed by atoms with van der Waals surface area (Å²) in [6.45, 7) is 5.30. The zero-order valence-corrected chi connectivity index (χ0v) is 26.0. The largest absolute Gasteiger partial charge is 0.457 e. The van der Waals surface area contributed by atoms with Gasteiger partial charge in [-0.05, 0) is 12.8 Å². The number of hydrogen-bond donors (Lipinski definition) is 1. The van der Waals surface area contributed by atoms with Crippen molar-refractivity contribution in [2.45, 2.75) is 193 Å². The normalized spacial score (nSPS) is 12.2. The van der Waals surface area contributed by atoms with Crippen LogP contribution in [0.3, 0.4) is 0 Å². The van der Waals surface area contributed by atoms with E-state index in [1.807, 2.05) is 0 Å². The van der Waals surface area contributed by atoms with E-state index in [-0.39, 0.29) is 12.6 Å². The van der Waals surface area contributed by atoms with Gasteiger partial charge in [0.1, 0.15) is 6.10 Å². The summed E-state index contributed by atoms with van der Waals surface area (Å²) in [6, 6.07) is 0. The molecule has 0 aliphatic rings. The Balaban J connectivity index is 3.27. The molecule has 0 radical (unpaired) electrons. The van der Waals surface area contributed by atoms with Gasteiger partial charge in [0, 0.05) is 13.0 Å². The van der Waals surface area contributed by atoms with E-state index in [1.54, 1.807) is 0 Å². The molecule has 0 saturated carbocycles. The number of aliphatic hydroxyl groups excluding tert-OH is 1. The molecule has 0 aromatic rings. The molecular weight excluding hydrogens is 472 g/mol. The standard InChI is InChI=1S/C34H68O4/c1-3-5-7-9-10-11-12-13-14-15-16-17-18-19-20-21-22-23-24-26-28-30-37-32-33(31-35)38-34(36)29-27-25-8-6-4-2/h33,35H,3-32H2,1-2H3. The summed E-state index contributed by atoms with van der Waals surface area (Å²) in [6.07, 6.45) is 34.6. The molecule has 1 unspecified atom stereocenters. The van der Waals surface area contributed by atoms with E-state index in [4.69, 9.17) is 9.47 Å². The predicted octanol–water partition coefficient (Wildman–Crippen LogP) is 10.5. The van der Waals surface area contributed by atoms with E-state index < -0.39 is 6.10 Å². The quantitative estimate of drug-likeness (QED) is 0.0681. The molecule has 38 heavy (non-hydrogen) atoms. The Bertz CT molecular complexity index is 454. The Hall–Kier alpha value is -0.610. The first-order valence-corrected chi connectivity index (χ1v) is 17.1. The lowest BCUT2D eigenvalue weighted by molar-refractivity contribution is -0.154. The minimum atomic E-state index is -0.520. The molecule has 0 bridgehead atoms. The van der Waals surface area contributed by atoms with Gasteiger partial charge < -0.3 is 14.6 Å². The number of esters is 1. The molecule has 0 heterocycles. The molecule has 0 fully saturated rings. The molecule has 0 aromatic heterocycles. The minimum absolute atomic E-state index is 0.166. The fourth-order valence-corrected chi connectivity index (χ4v) is 5.09. The Labute approximate surface area is 238 Å². The second-order valence-corrected chi connectivity index (χ2v) is 11.6. The van der Waals surface area contributed by atoms with Crippen molar-refractivity contribution in [1.82, 2.24) is 0 Å². The third-order valence-corrected chi connectivity index (χ3v) is 7.68. The highest BCUT2D eigenvalue weighted by molar-refractivity contribution is 5.69. The molecular formula is C34H68O4. The number of carbonyl (C=O) groups excluding carboxylic acids is 1. The van der Waals surface area contributed by atoms with Crippen molar-refractivity contribution in [3.05, 3.63) is 0 Å². The number of rotatable bonds is 32. The zero-order chi connectivity index (χ0) is 27.8. The first-order valence-electron chi connectivity index (χ1n) is 17.1. The third-order valence-electron chi connectivity index (χ3n) is 7.68. The Morgan fingerprint density at radius 2 is 0.868 bits per heavy atom. The van der Waals surface area contributed by atoms with Crippen LogP contribution in [-0.4, -0.2) is 37.0 Å². The average Bonchev–Trinajstić information content (AvgIpc) is 2.92. The SMILES string of the molecule is CCCCCCCCCCCCCCCCCCCCCCCOCC(CO)OC(=O)CCCCCCC. The molecule has 0 saturated heterocycles. The molecule has 228 valence electrons. The molecule has 0 aliphatic heterocycles. The number of ether oxygens (including phenoxy) is 2. The van der Waals surface area contributed by atoms with Crippen molar-refractivity contribution in [3.8, 4) is 0 Å². The van der Waals surface area contributed by atoms with Crippen LogP contribution in [0.15, 0.2) is 0 Å². The predicted molar refractivity (Wildman–Crippen MR) is 164 cm³/mol. The van der Waals surface area contributed by atoms with Gasteiger partial charge in [0.05, 0.1) is 13.2 Å². The van der Waals surface area contributed by atoms with Gasteiger partial charge in [0.2, 0.25) is 0 Å². The molecule has 1 N–H and O–H groups in total. The number of aliphatic hydroxyl groups is 1. The van der Waals surface area contributed by atoms with Gasteiger partial charge in [0.25, 0.3) is 0 Å². The molecule has 4 nitrogen and oxygen atoms in total. The summed E-state index contributed by atoms with van der Waals surface area (Å²) in [5.41, 5.74) is 0. The Morgan fingerprint density at radius 3 is 1.24 bits per heavy atom. The van der Waals surface area contributed by atoms with Crippen LogP contribution in [0, 0.1) is 0 Å². The highest BCUT2D eigenvalue weighted by atomic mass is 16.6. The zero-order valence-electron chi connectivity index (χ0n) is 26.0. The summed E-state index contributed by atoms with van der Waals surface area (Å²) in [4.78, 5) is 11.9. The van der Waals surface area contributed by atoms with Crippen molar-refractivity contribution in [2.24, 2.45) is 0 Å². The monoisotopic (exact) mass is 541 g/mol. The highest BCUT2D eigenvalue weighted by Gasteiger charge is 2.13. The number of hydrogen-bond acceptors (Lipinski definition) is 4. The van der Waals surface area contributed by atoms with Gasteiger partial charge in [-0.25, -0.2) is 0 Å². The molecule has 0 aliphatic carbocycles. The summed E-state index contributed by atoms with van der Waals surface area (Å²) < 4.78 is 11.0. The number of unbranched alkanes of at least 4 members (excludes halogenated alkanes) is 24. The van der Waals surface area contributed by atoms with Gasteiger partial charge in [-0.15, -0.1) is 0 Å². The maximum atomic E-state index is 11.9. The molecule has 0 rings (SSSR count). The Morgan fingerprint density at radius 1 is 0.526 bits per heavy atom. The maximum absolute atomic E-state index is 11.9. The van der Waals surface area contributed by atoms with Crippen molar-refractivity contribution in [2.75, 3.05) is 19.8 Å². The Kier molecular flexibility index (Phi) is 32.1. The highest BCUT2D eigenvalue weighted by Crippen LogP contribution is 2.15. The van der Waals surface area contributed by atoms with E-state index in [0.29, 0.717) is 19.6 Å². The first-order chi connectivity index (χ1) is 18.7. The van der Waals surface area contributed by atoms with Crippen LogP contribution < -0.4 is 0 Å². The van der Waals surface area contributed by atoms with Crippen LogP contribution in [0.4, 0.5) is 0 Å². The lowest BCUT2D eigenvalue weighted by Gasteiger charge is -2.15. The second kappa shape index (κ2) is 32.6. The van der Waals surface area contributed by atoms with E-state index in [9.17, 15) is 9.90 Å². The van der Waals surface area contributed by atoms with Crippen LogP contribution in [0.5, 0.6) is 0 Å². The van der Waals surface area contributed by atoms with Crippen LogP contribution >= 0.6 is 0 Å². The summed E-state index contributed by atoms with van der Waals surface area (Å²) >= 11 is 0. The molecule has 0 aromatic carbocycles. The number of carbonyl (C=O) groups is 1. The van der Waals surface area contributed by atoms with Gasteiger partial charge in [-0.3, -0.25) is 4.79 Å². The van der Waals surface area contributed by atoms with E-state index in [2.05, 4.69) is 13.8 Å². The van der Waals surface area contributed by atoms with E-state index in [1.165, 1.54) is 148 Å². The van der Waals surface area contributed by atoms with Gasteiger partial charge >= 0.3 is 5.97 Å². The van der Waals surface area contributed by atoms with Gasteiger partial charge in [0.15, 0.2) is 0 Å². The minimum Gasteiger partial charge on any atom is -0.457 e. The lowest BCUT2D eigenvalue weighted by Crippen LogP contribution is -2.27. The van der Waals surface area contributed by atoms with Crippen molar-refractivity contribution >= 4 is 5.97 Å². The average molecular weight is 541 g/mol. The van der Waals surface area contributed by atoms with Gasteiger partial charge in [-0.1, -0.05) is 168 Å². The summed E-state index contributed by atoms with van der Waals surface area (Å²) in [7, 11) is 0. The third kappa shape index (κ3) is 29.9. The van der Waals surface area contributed by atoms with Crippen LogP contribution in [0.1, 0.15) is 187 Å². The molecule has 0 spiro atoms. The summed E-state index contributed by atoms with van der Waals surface area (Å²) in [5, 5.41) is 9.44. The van der Waals surface area contributed by atoms with Crippen LogP contribution in [0.25, 0.3) is 0 Å². The topological polar surface area (TPSA) is 55.8 Å². The van der Waals surface area contributed by atoms with E-state index >= 15 is 0 Å². The molecule has 0 amide bonds. The lowest BCUT2D eigenvalue weighted by atomic mass is 10.0. The maximum Gasteiger partial charge on any atom is 0.306 e. The molecule has 4 heteroatoms. The van der Waals surface area contributed by atoms with E-state index in [0.717, 1.165) is 19.3 Å². The smallest absolute Gasteiger partial charge is 0.306 e. The van der Waals surface area contributed by atoms with Crippen molar-refractivity contribution in [1.29, 1.82) is 0 Å². The summed E-state index contributed by atoms with van der Waals surface area (Å²) in [5.74, 6) is -0.210. The van der Waals surface area contributed by atoms with Crippen LogP contribution in [-0.2, 0) is 14.3 Å². The molecule has 1 atom stereocenters. The fraction of sp³-hybridized carbons (Fsp3) is 0.971.